The van der Waals surface area contributed by atoms with Crippen LogP contribution in [0.1, 0.15) is 43.8 Å². The normalized spacial score (nSPS) is 15.1. The van der Waals surface area contributed by atoms with Crippen molar-refractivity contribution in [2.75, 3.05) is 19.6 Å². The number of amides is 2. The second-order valence-electron chi connectivity index (χ2n) is 6.50. The fraction of sp³-hybridized carbons (Fsp3) is 0.350. The van der Waals surface area contributed by atoms with Crippen LogP contribution in [0.25, 0.3) is 0 Å². The Morgan fingerprint density at radius 1 is 1.04 bits per heavy atom. The van der Waals surface area contributed by atoms with Gasteiger partial charge in [-0.2, -0.15) is 0 Å². The average molecular weight is 370 g/mol. The smallest absolute Gasteiger partial charge is 0.264 e. The van der Waals surface area contributed by atoms with Crippen molar-refractivity contribution in [2.45, 2.75) is 26.8 Å². The number of nitrogens with zero attached hydrogens (tertiary/aromatic N) is 2. The van der Waals surface area contributed by atoms with Crippen molar-refractivity contribution in [1.29, 1.82) is 0 Å². The zero-order valence-electron chi connectivity index (χ0n) is 15.0. The number of benzene rings is 1. The van der Waals surface area contributed by atoms with E-state index < -0.39 is 0 Å². The molecule has 136 valence electrons. The molecule has 0 aliphatic carbocycles. The summed E-state index contributed by atoms with van der Waals surface area (Å²) in [7, 11) is 0. The van der Waals surface area contributed by atoms with Crippen LogP contribution in [-0.2, 0) is 11.3 Å². The molecular weight excluding hydrogens is 348 g/mol. The van der Waals surface area contributed by atoms with Gasteiger partial charge in [-0.3, -0.25) is 14.4 Å². The first-order valence-electron chi connectivity index (χ1n) is 8.68. The Morgan fingerprint density at radius 3 is 2.46 bits per heavy atom. The van der Waals surface area contributed by atoms with E-state index in [1.807, 2.05) is 36.1 Å². The van der Waals surface area contributed by atoms with Crippen molar-refractivity contribution in [1.82, 2.24) is 9.80 Å². The number of hydrogen-bond donors (Lipinski definition) is 0. The number of carbonyl (C=O) groups is 3. The Kier molecular flexibility index (Phi) is 5.52. The molecule has 2 aromatic rings. The summed E-state index contributed by atoms with van der Waals surface area (Å²) >= 11 is 1.22. The van der Waals surface area contributed by atoms with E-state index in [0.29, 0.717) is 42.4 Å². The van der Waals surface area contributed by atoms with Crippen LogP contribution >= 0.6 is 11.3 Å². The molecule has 1 fully saturated rings. The maximum absolute atomic E-state index is 12.7. The highest BCUT2D eigenvalue weighted by Crippen LogP contribution is 2.20. The summed E-state index contributed by atoms with van der Waals surface area (Å²) in [5.41, 5.74) is 2.29. The van der Waals surface area contributed by atoms with E-state index in [9.17, 15) is 14.4 Å². The maximum Gasteiger partial charge on any atom is 0.264 e. The molecule has 0 spiro atoms. The second-order valence-corrected chi connectivity index (χ2v) is 7.59. The lowest BCUT2D eigenvalue weighted by molar-refractivity contribution is -0.130. The van der Waals surface area contributed by atoms with Crippen LogP contribution in [-0.4, -0.2) is 47.0 Å². The number of rotatable bonds is 4. The molecule has 0 radical (unpaired) electrons. The molecule has 1 aliphatic heterocycles. The Balaban J connectivity index is 1.68. The molecule has 2 heterocycles. The van der Waals surface area contributed by atoms with Gasteiger partial charge in [0.05, 0.1) is 9.75 Å². The van der Waals surface area contributed by atoms with Crippen LogP contribution in [0.5, 0.6) is 0 Å². The third-order valence-corrected chi connectivity index (χ3v) is 5.84. The second kappa shape index (κ2) is 7.83. The molecular formula is C20H22N2O3S. The van der Waals surface area contributed by atoms with Gasteiger partial charge >= 0.3 is 0 Å². The molecule has 3 rings (SSSR count). The topological polar surface area (TPSA) is 57.7 Å². The van der Waals surface area contributed by atoms with E-state index in [4.69, 9.17) is 0 Å². The summed E-state index contributed by atoms with van der Waals surface area (Å²) in [6.07, 6.45) is 0.322. The minimum absolute atomic E-state index is 0.0375. The van der Waals surface area contributed by atoms with E-state index in [1.54, 1.807) is 17.0 Å². The van der Waals surface area contributed by atoms with Gasteiger partial charge in [0.25, 0.3) is 5.91 Å². The first kappa shape index (κ1) is 18.3. The van der Waals surface area contributed by atoms with Crippen molar-refractivity contribution in [3.05, 3.63) is 57.3 Å². The van der Waals surface area contributed by atoms with E-state index in [2.05, 4.69) is 0 Å². The van der Waals surface area contributed by atoms with Crippen molar-refractivity contribution < 1.29 is 14.4 Å². The lowest BCUT2D eigenvalue weighted by atomic mass is 10.1. The summed E-state index contributed by atoms with van der Waals surface area (Å²) in [5, 5.41) is 0. The van der Waals surface area contributed by atoms with Crippen LogP contribution in [0.4, 0.5) is 0 Å². The van der Waals surface area contributed by atoms with E-state index >= 15 is 0 Å². The summed E-state index contributed by atoms with van der Waals surface area (Å²) in [5.74, 6) is -0.0725. The van der Waals surface area contributed by atoms with Gasteiger partial charge in [-0.25, -0.2) is 0 Å². The predicted octanol–water partition coefficient (Wildman–Crippen LogP) is 3.13. The fourth-order valence-corrected chi connectivity index (χ4v) is 3.90. The molecule has 1 aliphatic rings. The van der Waals surface area contributed by atoms with Gasteiger partial charge < -0.3 is 9.80 Å². The van der Waals surface area contributed by atoms with Crippen LogP contribution in [0.15, 0.2) is 36.4 Å². The molecule has 0 N–H and O–H groups in total. The zero-order valence-corrected chi connectivity index (χ0v) is 15.8. The Labute approximate surface area is 157 Å². The molecule has 0 unspecified atom stereocenters. The van der Waals surface area contributed by atoms with Gasteiger partial charge in [0, 0.05) is 32.6 Å². The molecule has 6 heteroatoms. The number of carbonyl (C=O) groups excluding carboxylic acids is 3. The zero-order chi connectivity index (χ0) is 18.7. The molecule has 1 aromatic heterocycles. The monoisotopic (exact) mass is 370 g/mol. The maximum atomic E-state index is 12.7. The average Bonchev–Trinajstić information content (AvgIpc) is 3.05. The van der Waals surface area contributed by atoms with Crippen molar-refractivity contribution in [2.24, 2.45) is 0 Å². The highest BCUT2D eigenvalue weighted by atomic mass is 32.1. The molecule has 1 saturated heterocycles. The van der Waals surface area contributed by atoms with Crippen molar-refractivity contribution in [3.63, 3.8) is 0 Å². The lowest BCUT2D eigenvalue weighted by Gasteiger charge is -2.22. The largest absolute Gasteiger partial charge is 0.337 e. The summed E-state index contributed by atoms with van der Waals surface area (Å²) < 4.78 is 0. The third kappa shape index (κ3) is 4.02. The predicted molar refractivity (Wildman–Crippen MR) is 101 cm³/mol. The van der Waals surface area contributed by atoms with Gasteiger partial charge in [-0.05, 0) is 37.1 Å². The van der Waals surface area contributed by atoms with E-state index in [-0.39, 0.29) is 17.6 Å². The summed E-state index contributed by atoms with van der Waals surface area (Å²) in [4.78, 5) is 41.3. The molecule has 26 heavy (non-hydrogen) atoms. The van der Waals surface area contributed by atoms with Gasteiger partial charge in [-0.15, -0.1) is 11.3 Å². The lowest BCUT2D eigenvalue weighted by Crippen LogP contribution is -2.35. The first-order valence-corrected chi connectivity index (χ1v) is 9.49. The summed E-state index contributed by atoms with van der Waals surface area (Å²) in [6.45, 7) is 5.54. The SMILES string of the molecule is CC(=O)c1ccc(C(=O)N2CCC(=O)N(Cc3ccccc3C)CC2)s1. The van der Waals surface area contributed by atoms with Crippen LogP contribution in [0.2, 0.25) is 0 Å². The van der Waals surface area contributed by atoms with Crippen LogP contribution in [0.3, 0.4) is 0 Å². The van der Waals surface area contributed by atoms with Gasteiger partial charge in [0.15, 0.2) is 5.78 Å². The number of hydrogen-bond acceptors (Lipinski definition) is 4. The number of Topliss-reactive ketones (excluding diaryl/α,β-unsaturated/α-hetero) is 1. The first-order chi connectivity index (χ1) is 12.5. The van der Waals surface area contributed by atoms with Gasteiger partial charge in [-0.1, -0.05) is 24.3 Å². The standard InChI is InChI=1S/C20H22N2O3S/c1-14-5-3-4-6-16(14)13-22-12-11-21(10-9-19(22)24)20(25)18-8-7-17(26-18)15(2)23/h3-8H,9-13H2,1-2H3. The minimum atomic E-state index is -0.104. The number of thiophene rings is 1. The van der Waals surface area contributed by atoms with Crippen LogP contribution in [0, 0.1) is 6.92 Å². The van der Waals surface area contributed by atoms with Crippen molar-refractivity contribution in [3.8, 4) is 0 Å². The van der Waals surface area contributed by atoms with Crippen LogP contribution < -0.4 is 0 Å². The molecule has 0 atom stereocenters. The van der Waals surface area contributed by atoms with Gasteiger partial charge in [0.2, 0.25) is 5.91 Å². The number of aryl methyl sites for hydroxylation is 1. The molecule has 0 saturated carbocycles. The fourth-order valence-electron chi connectivity index (χ4n) is 3.03. The van der Waals surface area contributed by atoms with Crippen molar-refractivity contribution >= 4 is 28.9 Å². The number of ketones is 1. The Bertz CT molecular complexity index is 843. The summed E-state index contributed by atoms with van der Waals surface area (Å²) in [6, 6.07) is 11.4. The quantitative estimate of drug-likeness (QED) is 0.777. The minimum Gasteiger partial charge on any atom is -0.337 e. The molecule has 0 bridgehead atoms. The Hall–Kier alpha value is -2.47. The van der Waals surface area contributed by atoms with E-state index in [1.165, 1.54) is 18.3 Å². The van der Waals surface area contributed by atoms with E-state index in [0.717, 1.165) is 11.1 Å². The third-order valence-electron chi connectivity index (χ3n) is 4.66. The molecule has 2 amide bonds. The highest BCUT2D eigenvalue weighted by Gasteiger charge is 2.25. The molecule has 5 nitrogen and oxygen atoms in total. The van der Waals surface area contributed by atoms with Gasteiger partial charge in [0.1, 0.15) is 0 Å². The molecule has 1 aromatic carbocycles. The highest BCUT2D eigenvalue weighted by molar-refractivity contribution is 7.15. The Morgan fingerprint density at radius 2 is 1.77 bits per heavy atom.